The Balaban J connectivity index is 2.59. The van der Waals surface area contributed by atoms with Crippen LogP contribution >= 0.6 is 11.6 Å². The standard InChI is InChI=1S/C11H7BClNO/c12-11-10-7-2-1-6(13)5-9(7)15-8(10)3-4-14-11/h1-5H,12H2. The summed E-state index contributed by atoms with van der Waals surface area (Å²) in [5.41, 5.74) is 2.65. The van der Waals surface area contributed by atoms with Crippen LogP contribution in [0.25, 0.3) is 21.9 Å². The highest BCUT2D eigenvalue weighted by Gasteiger charge is 2.09. The van der Waals surface area contributed by atoms with E-state index in [1.807, 2.05) is 32.1 Å². The lowest BCUT2D eigenvalue weighted by molar-refractivity contribution is 0.668. The Hall–Kier alpha value is -1.48. The smallest absolute Gasteiger partial charge is 0.164 e. The first-order chi connectivity index (χ1) is 7.25. The van der Waals surface area contributed by atoms with Crippen LogP contribution < -0.4 is 5.59 Å². The van der Waals surface area contributed by atoms with E-state index in [-0.39, 0.29) is 0 Å². The van der Waals surface area contributed by atoms with Gasteiger partial charge in [0.25, 0.3) is 0 Å². The van der Waals surface area contributed by atoms with Gasteiger partial charge in [-0.2, -0.15) is 0 Å². The van der Waals surface area contributed by atoms with Gasteiger partial charge in [0.1, 0.15) is 11.2 Å². The molecule has 0 spiro atoms. The summed E-state index contributed by atoms with van der Waals surface area (Å²) >= 11 is 5.91. The van der Waals surface area contributed by atoms with E-state index < -0.39 is 0 Å². The van der Waals surface area contributed by atoms with Gasteiger partial charge < -0.3 is 4.42 Å². The Morgan fingerprint density at radius 3 is 2.93 bits per heavy atom. The number of benzene rings is 1. The van der Waals surface area contributed by atoms with Crippen LogP contribution in [-0.4, -0.2) is 12.8 Å². The molecule has 3 rings (SSSR count). The predicted molar refractivity (Wildman–Crippen MR) is 64.7 cm³/mol. The summed E-state index contributed by atoms with van der Waals surface area (Å²) in [6, 6.07) is 7.54. The second-order valence-corrected chi connectivity index (χ2v) is 3.95. The third-order valence-electron chi connectivity index (χ3n) is 2.54. The van der Waals surface area contributed by atoms with Gasteiger partial charge in [0.15, 0.2) is 7.85 Å². The van der Waals surface area contributed by atoms with Gasteiger partial charge in [0, 0.05) is 33.7 Å². The van der Waals surface area contributed by atoms with Crippen molar-refractivity contribution >= 4 is 47.0 Å². The maximum atomic E-state index is 5.91. The van der Waals surface area contributed by atoms with E-state index in [0.717, 1.165) is 27.5 Å². The Morgan fingerprint density at radius 2 is 2.07 bits per heavy atom. The number of pyridine rings is 1. The first-order valence-corrected chi connectivity index (χ1v) is 5.07. The van der Waals surface area contributed by atoms with E-state index >= 15 is 0 Å². The van der Waals surface area contributed by atoms with E-state index in [9.17, 15) is 0 Å². The van der Waals surface area contributed by atoms with Crippen LogP contribution in [0, 0.1) is 0 Å². The Kier molecular flexibility index (Phi) is 1.76. The second-order valence-electron chi connectivity index (χ2n) is 3.51. The van der Waals surface area contributed by atoms with Gasteiger partial charge in [-0.3, -0.25) is 4.98 Å². The molecule has 4 heteroatoms. The van der Waals surface area contributed by atoms with Crippen molar-refractivity contribution in [3.8, 4) is 0 Å². The van der Waals surface area contributed by atoms with Crippen molar-refractivity contribution in [3.05, 3.63) is 35.5 Å². The largest absolute Gasteiger partial charge is 0.456 e. The van der Waals surface area contributed by atoms with Crippen molar-refractivity contribution in [1.82, 2.24) is 4.98 Å². The van der Waals surface area contributed by atoms with Crippen molar-refractivity contribution in [2.75, 3.05) is 0 Å². The molecule has 0 aliphatic carbocycles. The monoisotopic (exact) mass is 215 g/mol. The molecular formula is C11H7BClNO. The molecule has 2 heterocycles. The molecule has 0 N–H and O–H groups in total. The summed E-state index contributed by atoms with van der Waals surface area (Å²) in [7, 11) is 1.98. The van der Waals surface area contributed by atoms with Gasteiger partial charge in [0.2, 0.25) is 0 Å². The fourth-order valence-corrected chi connectivity index (χ4v) is 2.02. The zero-order valence-electron chi connectivity index (χ0n) is 8.12. The van der Waals surface area contributed by atoms with Crippen LogP contribution in [0.2, 0.25) is 5.02 Å². The molecule has 0 radical (unpaired) electrons. The molecule has 2 aromatic heterocycles. The van der Waals surface area contributed by atoms with Gasteiger partial charge in [-0.15, -0.1) is 0 Å². The molecule has 3 aromatic rings. The number of halogens is 1. The van der Waals surface area contributed by atoms with Gasteiger partial charge in [-0.25, -0.2) is 0 Å². The molecule has 0 saturated heterocycles. The average Bonchev–Trinajstić information content (AvgIpc) is 2.56. The Bertz CT molecular complexity index is 662. The number of nitrogens with zero attached hydrogens (tertiary/aromatic N) is 1. The van der Waals surface area contributed by atoms with E-state index in [1.165, 1.54) is 0 Å². The summed E-state index contributed by atoms with van der Waals surface area (Å²) in [6.07, 6.45) is 1.75. The molecule has 72 valence electrons. The molecule has 0 atom stereocenters. The van der Waals surface area contributed by atoms with Crippen molar-refractivity contribution in [2.24, 2.45) is 0 Å². The van der Waals surface area contributed by atoms with Gasteiger partial charge in [-0.1, -0.05) is 11.6 Å². The minimum atomic E-state index is 0.687. The predicted octanol–water partition coefficient (Wildman–Crippen LogP) is 1.89. The third-order valence-corrected chi connectivity index (χ3v) is 2.77. The number of hydrogen-bond acceptors (Lipinski definition) is 2. The summed E-state index contributed by atoms with van der Waals surface area (Å²) in [5.74, 6) is 0. The van der Waals surface area contributed by atoms with Gasteiger partial charge in [-0.05, 0) is 18.2 Å². The highest BCUT2D eigenvalue weighted by molar-refractivity contribution is 6.40. The minimum absolute atomic E-state index is 0.687. The van der Waals surface area contributed by atoms with E-state index in [1.54, 1.807) is 6.20 Å². The van der Waals surface area contributed by atoms with Gasteiger partial charge in [0.05, 0.1) is 0 Å². The minimum Gasteiger partial charge on any atom is -0.456 e. The lowest BCUT2D eigenvalue weighted by Crippen LogP contribution is -2.07. The third kappa shape index (κ3) is 1.23. The molecule has 0 aliphatic heterocycles. The number of rotatable bonds is 0. The summed E-state index contributed by atoms with van der Waals surface area (Å²) in [4.78, 5) is 4.26. The normalized spacial score (nSPS) is 11.3. The maximum Gasteiger partial charge on any atom is 0.164 e. The number of aromatic nitrogens is 1. The van der Waals surface area contributed by atoms with Crippen molar-refractivity contribution in [3.63, 3.8) is 0 Å². The average molecular weight is 215 g/mol. The molecule has 0 fully saturated rings. The fourth-order valence-electron chi connectivity index (χ4n) is 1.86. The quantitative estimate of drug-likeness (QED) is 0.535. The topological polar surface area (TPSA) is 26.0 Å². The van der Waals surface area contributed by atoms with Crippen LogP contribution in [0.1, 0.15) is 0 Å². The number of furan rings is 1. The Morgan fingerprint density at radius 1 is 1.20 bits per heavy atom. The molecule has 0 bridgehead atoms. The molecule has 0 aliphatic rings. The van der Waals surface area contributed by atoms with E-state index in [0.29, 0.717) is 5.02 Å². The van der Waals surface area contributed by atoms with Crippen LogP contribution in [0.3, 0.4) is 0 Å². The summed E-state index contributed by atoms with van der Waals surface area (Å²) < 4.78 is 5.69. The first kappa shape index (κ1) is 8.80. The Labute approximate surface area is 92.3 Å². The van der Waals surface area contributed by atoms with Crippen LogP contribution in [0.4, 0.5) is 0 Å². The number of fused-ring (bicyclic) bond motifs is 3. The van der Waals surface area contributed by atoms with Crippen LogP contribution in [-0.2, 0) is 0 Å². The number of hydrogen-bond donors (Lipinski definition) is 0. The molecule has 0 saturated carbocycles. The van der Waals surface area contributed by atoms with Crippen molar-refractivity contribution in [1.29, 1.82) is 0 Å². The molecule has 15 heavy (non-hydrogen) atoms. The second kappa shape index (κ2) is 3.01. The SMILES string of the molecule is Bc1nccc2oc3cc(Cl)ccc3c12. The van der Waals surface area contributed by atoms with Crippen LogP contribution in [0.15, 0.2) is 34.9 Å². The summed E-state index contributed by atoms with van der Waals surface area (Å²) in [6.45, 7) is 0. The van der Waals surface area contributed by atoms with Gasteiger partial charge >= 0.3 is 0 Å². The lowest BCUT2D eigenvalue weighted by atomic mass is 9.98. The zero-order chi connectivity index (χ0) is 10.4. The van der Waals surface area contributed by atoms with Crippen molar-refractivity contribution in [2.45, 2.75) is 0 Å². The first-order valence-electron chi connectivity index (χ1n) is 4.69. The van der Waals surface area contributed by atoms with E-state index in [2.05, 4.69) is 4.98 Å². The van der Waals surface area contributed by atoms with E-state index in [4.69, 9.17) is 16.0 Å². The molecule has 0 unspecified atom stereocenters. The summed E-state index contributed by atoms with van der Waals surface area (Å²) in [5, 5.41) is 2.83. The van der Waals surface area contributed by atoms with Crippen LogP contribution in [0.5, 0.6) is 0 Å². The highest BCUT2D eigenvalue weighted by Crippen LogP contribution is 2.28. The molecule has 0 amide bonds. The maximum absolute atomic E-state index is 5.91. The van der Waals surface area contributed by atoms with Crippen molar-refractivity contribution < 1.29 is 4.42 Å². The highest BCUT2D eigenvalue weighted by atomic mass is 35.5. The molecule has 2 nitrogen and oxygen atoms in total. The molecular weight excluding hydrogens is 208 g/mol. The molecule has 1 aromatic carbocycles. The zero-order valence-corrected chi connectivity index (χ0v) is 8.88. The lowest BCUT2D eigenvalue weighted by Gasteiger charge is -1.93. The fraction of sp³-hybridized carbons (Fsp3) is 0.